The minimum absolute atomic E-state index is 0.0292. The number of rotatable bonds is 3. The molecule has 2 aliphatic heterocycles. The molecule has 1 aliphatic carbocycles. The van der Waals surface area contributed by atoms with Crippen LogP contribution in [0.25, 0.3) is 11.3 Å². The third kappa shape index (κ3) is 3.00. The molecule has 5 nitrogen and oxygen atoms in total. The lowest BCUT2D eigenvalue weighted by atomic mass is 9.63. The van der Waals surface area contributed by atoms with Crippen molar-refractivity contribution >= 4 is 5.91 Å². The van der Waals surface area contributed by atoms with Crippen LogP contribution in [0.3, 0.4) is 0 Å². The number of hydrogen-bond acceptors (Lipinski definition) is 4. The van der Waals surface area contributed by atoms with Crippen LogP contribution in [0.1, 0.15) is 51.5 Å². The highest BCUT2D eigenvalue weighted by atomic mass is 19.1. The number of fused-ring (bicyclic) bond motifs is 2. The van der Waals surface area contributed by atoms with E-state index in [1.807, 2.05) is 4.90 Å². The summed E-state index contributed by atoms with van der Waals surface area (Å²) in [6.07, 6.45) is 4.32. The minimum Gasteiger partial charge on any atom is -0.374 e. The van der Waals surface area contributed by atoms with Gasteiger partial charge in [0, 0.05) is 6.54 Å². The summed E-state index contributed by atoms with van der Waals surface area (Å²) in [4.78, 5) is 15.7. The van der Waals surface area contributed by atoms with Crippen LogP contribution in [-0.2, 0) is 9.53 Å². The van der Waals surface area contributed by atoms with Crippen LogP contribution in [0.5, 0.6) is 0 Å². The average Bonchev–Trinajstić information content (AvgIpc) is 3.42. The van der Waals surface area contributed by atoms with Crippen LogP contribution in [0.15, 0.2) is 30.5 Å². The smallest absolute Gasteiger partial charge is 0.229 e. The molecule has 4 atom stereocenters. The molecule has 0 unspecified atom stereocenters. The SMILES string of the molecule is CC1(C)[C@@H](c2cnnc(-c3c(F)cccc3F)c2)CC[C@]1(C)C(=O)N1C[C@@H]2C[C@H]1CO2. The van der Waals surface area contributed by atoms with Crippen molar-refractivity contribution in [3.05, 3.63) is 47.7 Å². The number of carbonyl (C=O) groups is 1. The fourth-order valence-corrected chi connectivity index (χ4v) is 5.87. The maximum Gasteiger partial charge on any atom is 0.229 e. The molecule has 1 aromatic heterocycles. The van der Waals surface area contributed by atoms with Gasteiger partial charge in [-0.3, -0.25) is 4.79 Å². The molecule has 3 fully saturated rings. The fraction of sp³-hybridized carbons (Fsp3) is 0.542. The molecule has 3 aliphatic rings. The van der Waals surface area contributed by atoms with Gasteiger partial charge in [0.15, 0.2) is 0 Å². The Kier molecular flexibility index (Phi) is 4.66. The minimum atomic E-state index is -0.663. The zero-order valence-corrected chi connectivity index (χ0v) is 18.1. The Morgan fingerprint density at radius 2 is 1.97 bits per heavy atom. The molecular weight excluding hydrogens is 400 g/mol. The summed E-state index contributed by atoms with van der Waals surface area (Å²) >= 11 is 0. The number of amides is 1. The predicted octanol–water partition coefficient (Wildman–Crippen LogP) is 4.33. The Morgan fingerprint density at radius 1 is 1.23 bits per heavy atom. The lowest BCUT2D eigenvalue weighted by molar-refractivity contribution is -0.151. The zero-order chi connectivity index (χ0) is 22.0. The Balaban J connectivity index is 1.46. The number of aromatic nitrogens is 2. The van der Waals surface area contributed by atoms with Crippen molar-refractivity contribution in [2.75, 3.05) is 13.2 Å². The van der Waals surface area contributed by atoms with Gasteiger partial charge in [0.2, 0.25) is 5.91 Å². The van der Waals surface area contributed by atoms with Crippen LogP contribution in [0.2, 0.25) is 0 Å². The molecule has 164 valence electrons. The Hall–Kier alpha value is -2.41. The largest absolute Gasteiger partial charge is 0.374 e. The second-order valence-corrected chi connectivity index (χ2v) is 9.92. The summed E-state index contributed by atoms with van der Waals surface area (Å²) in [7, 11) is 0. The Bertz CT molecular complexity index is 1020. The third-order valence-electron chi connectivity index (χ3n) is 8.16. The van der Waals surface area contributed by atoms with E-state index in [9.17, 15) is 13.6 Å². The van der Waals surface area contributed by atoms with Gasteiger partial charge in [-0.1, -0.05) is 26.8 Å². The first-order valence-corrected chi connectivity index (χ1v) is 10.9. The van der Waals surface area contributed by atoms with E-state index < -0.39 is 17.0 Å². The van der Waals surface area contributed by atoms with Crippen molar-refractivity contribution in [2.45, 2.75) is 58.1 Å². The first-order chi connectivity index (χ1) is 14.7. The molecule has 0 spiro atoms. The van der Waals surface area contributed by atoms with Crippen molar-refractivity contribution in [3.63, 3.8) is 0 Å². The number of ether oxygens (including phenoxy) is 1. The summed E-state index contributed by atoms with van der Waals surface area (Å²) in [6.45, 7) is 7.61. The van der Waals surface area contributed by atoms with Gasteiger partial charge < -0.3 is 9.64 Å². The van der Waals surface area contributed by atoms with Gasteiger partial charge in [-0.2, -0.15) is 10.2 Å². The average molecular weight is 427 g/mol. The van der Waals surface area contributed by atoms with Crippen molar-refractivity contribution in [1.29, 1.82) is 0 Å². The number of morpholine rings is 1. The lowest BCUT2D eigenvalue weighted by Crippen LogP contribution is -2.52. The van der Waals surface area contributed by atoms with Crippen molar-refractivity contribution in [1.82, 2.24) is 15.1 Å². The molecule has 1 amide bonds. The van der Waals surface area contributed by atoms with Gasteiger partial charge in [-0.05, 0) is 54.4 Å². The number of benzene rings is 1. The molecule has 2 bridgehead atoms. The second-order valence-electron chi connectivity index (χ2n) is 9.92. The number of carbonyl (C=O) groups excluding carboxylic acids is 1. The van der Waals surface area contributed by atoms with E-state index in [0.29, 0.717) is 13.2 Å². The van der Waals surface area contributed by atoms with E-state index in [0.717, 1.165) is 24.8 Å². The number of nitrogens with zero attached hydrogens (tertiary/aromatic N) is 3. The molecule has 0 radical (unpaired) electrons. The topological polar surface area (TPSA) is 55.3 Å². The Labute approximate surface area is 180 Å². The molecule has 1 aromatic carbocycles. The molecular formula is C24H27F2N3O2. The maximum absolute atomic E-state index is 14.3. The van der Waals surface area contributed by atoms with Crippen LogP contribution in [0.4, 0.5) is 8.78 Å². The highest BCUT2D eigenvalue weighted by Crippen LogP contribution is 2.61. The summed E-state index contributed by atoms with van der Waals surface area (Å²) in [6, 6.07) is 5.68. The van der Waals surface area contributed by atoms with Crippen molar-refractivity contribution in [3.8, 4) is 11.3 Å². The first kappa shape index (κ1) is 20.5. The van der Waals surface area contributed by atoms with E-state index in [-0.39, 0.29) is 40.6 Å². The van der Waals surface area contributed by atoms with E-state index in [1.54, 1.807) is 12.3 Å². The molecule has 2 aromatic rings. The zero-order valence-electron chi connectivity index (χ0n) is 18.1. The van der Waals surface area contributed by atoms with Crippen LogP contribution in [-0.4, -0.2) is 46.3 Å². The maximum atomic E-state index is 14.3. The highest BCUT2D eigenvalue weighted by molar-refractivity contribution is 5.84. The van der Waals surface area contributed by atoms with Crippen LogP contribution in [0, 0.1) is 22.5 Å². The van der Waals surface area contributed by atoms with E-state index in [4.69, 9.17) is 4.74 Å². The third-order valence-corrected chi connectivity index (χ3v) is 8.16. The summed E-state index contributed by atoms with van der Waals surface area (Å²) in [5.74, 6) is -1.10. The quantitative estimate of drug-likeness (QED) is 0.732. The molecule has 1 saturated carbocycles. The van der Waals surface area contributed by atoms with E-state index in [2.05, 4.69) is 31.0 Å². The molecule has 7 heteroatoms. The molecule has 3 heterocycles. The summed E-state index contributed by atoms with van der Waals surface area (Å²) in [5.41, 5.74) is -0.0201. The molecule has 31 heavy (non-hydrogen) atoms. The summed E-state index contributed by atoms with van der Waals surface area (Å²) < 4.78 is 34.3. The van der Waals surface area contributed by atoms with E-state index in [1.165, 1.54) is 18.2 Å². The van der Waals surface area contributed by atoms with Gasteiger partial charge in [0.25, 0.3) is 0 Å². The standard InChI is InChI=1S/C24H27F2N3O2/c1-23(2)17(7-8-24(23,3)22(30)29-12-16-10-15(29)13-31-16)14-9-20(28-27-11-14)21-18(25)5-4-6-19(21)26/h4-6,9,11,15-17H,7-8,10,12-13H2,1-3H3/t15-,16-,17+,24+/m0/s1. The van der Waals surface area contributed by atoms with Crippen LogP contribution >= 0.6 is 0 Å². The first-order valence-electron chi connectivity index (χ1n) is 10.9. The number of hydrogen-bond donors (Lipinski definition) is 0. The fourth-order valence-electron chi connectivity index (χ4n) is 5.87. The van der Waals surface area contributed by atoms with Crippen molar-refractivity contribution < 1.29 is 18.3 Å². The number of likely N-dealkylation sites (tertiary alicyclic amines) is 1. The van der Waals surface area contributed by atoms with Gasteiger partial charge in [-0.15, -0.1) is 0 Å². The molecule has 0 N–H and O–H groups in total. The monoisotopic (exact) mass is 427 g/mol. The second kappa shape index (κ2) is 7.05. The predicted molar refractivity (Wildman–Crippen MR) is 111 cm³/mol. The summed E-state index contributed by atoms with van der Waals surface area (Å²) in [5, 5.41) is 8.05. The Morgan fingerprint density at radius 3 is 2.61 bits per heavy atom. The van der Waals surface area contributed by atoms with Crippen molar-refractivity contribution in [2.24, 2.45) is 10.8 Å². The normalized spacial score (nSPS) is 31.4. The van der Waals surface area contributed by atoms with Gasteiger partial charge >= 0.3 is 0 Å². The van der Waals surface area contributed by atoms with Gasteiger partial charge in [0.1, 0.15) is 11.6 Å². The van der Waals surface area contributed by atoms with Crippen LogP contribution < -0.4 is 0 Å². The lowest BCUT2D eigenvalue weighted by Gasteiger charge is -2.44. The highest BCUT2D eigenvalue weighted by Gasteiger charge is 2.59. The molecule has 5 rings (SSSR count). The number of halogens is 2. The molecule has 2 saturated heterocycles. The van der Waals surface area contributed by atoms with Gasteiger partial charge in [0.05, 0.1) is 41.6 Å². The van der Waals surface area contributed by atoms with E-state index >= 15 is 0 Å². The van der Waals surface area contributed by atoms with Gasteiger partial charge in [-0.25, -0.2) is 8.78 Å².